The average molecular weight is 246 g/mol. The van der Waals surface area contributed by atoms with Crippen LogP contribution in [0.5, 0.6) is 0 Å². The van der Waals surface area contributed by atoms with E-state index in [0.717, 1.165) is 0 Å². The maximum atomic E-state index is 10.3. The van der Waals surface area contributed by atoms with Gasteiger partial charge in [0.2, 0.25) is 11.9 Å². The van der Waals surface area contributed by atoms with Crippen LogP contribution in [0, 0.1) is 0 Å². The highest BCUT2D eigenvalue weighted by atomic mass is 35.5. The fraction of sp³-hybridized carbons (Fsp3) is 0.375. The first kappa shape index (κ1) is 12.5. The summed E-state index contributed by atoms with van der Waals surface area (Å²) in [5, 5.41) is 3.25. The van der Waals surface area contributed by atoms with Gasteiger partial charge in [0.1, 0.15) is 11.6 Å². The predicted octanol–water partition coefficient (Wildman–Crippen LogP) is -0.374. The third-order valence-corrected chi connectivity index (χ3v) is 1.82. The zero-order chi connectivity index (χ0) is 12.0. The van der Waals surface area contributed by atoms with E-state index in [0.29, 0.717) is 24.0 Å². The second kappa shape index (κ2) is 6.09. The molecule has 0 aliphatic heterocycles. The van der Waals surface area contributed by atoms with Crippen LogP contribution in [-0.2, 0) is 9.53 Å². The number of aromatic nitrogens is 2. The Kier molecular flexibility index (Phi) is 4.74. The van der Waals surface area contributed by atoms with Gasteiger partial charge >= 0.3 is 0 Å². The first-order valence-corrected chi connectivity index (χ1v) is 4.85. The van der Waals surface area contributed by atoms with Crippen molar-refractivity contribution in [2.75, 3.05) is 30.8 Å². The molecule has 0 fully saturated rings. The number of carbonyl (C=O) groups is 1. The molecule has 0 aromatic carbocycles. The van der Waals surface area contributed by atoms with Crippen LogP contribution in [-0.4, -0.2) is 35.6 Å². The van der Waals surface area contributed by atoms with Crippen molar-refractivity contribution in [3.63, 3.8) is 0 Å². The fourth-order valence-electron chi connectivity index (χ4n) is 0.919. The van der Waals surface area contributed by atoms with Crippen molar-refractivity contribution in [2.24, 2.45) is 5.73 Å². The average Bonchev–Trinajstić information content (AvgIpc) is 2.22. The molecule has 0 radical (unpaired) electrons. The smallest absolute Gasteiger partial charge is 0.243 e. The third-order valence-electron chi connectivity index (χ3n) is 1.55. The summed E-state index contributed by atoms with van der Waals surface area (Å²) in [5.41, 5.74) is 10.3. The molecule has 0 bridgehead atoms. The van der Waals surface area contributed by atoms with Crippen molar-refractivity contribution < 1.29 is 9.53 Å². The minimum Gasteiger partial charge on any atom is -0.370 e. The summed E-state index contributed by atoms with van der Waals surface area (Å²) >= 11 is 5.80. The molecule has 88 valence electrons. The number of rotatable bonds is 6. The first-order chi connectivity index (χ1) is 7.59. The van der Waals surface area contributed by atoms with Crippen molar-refractivity contribution in [3.05, 3.63) is 11.2 Å². The highest BCUT2D eigenvalue weighted by Gasteiger charge is 2.02. The molecule has 16 heavy (non-hydrogen) atoms. The van der Waals surface area contributed by atoms with Gasteiger partial charge in [0.15, 0.2) is 5.82 Å². The number of nitrogens with two attached hydrogens (primary N) is 2. The first-order valence-electron chi connectivity index (χ1n) is 4.47. The van der Waals surface area contributed by atoms with Gasteiger partial charge in [-0.05, 0) is 0 Å². The molecule has 0 saturated carbocycles. The number of halogens is 1. The molecule has 0 saturated heterocycles. The highest BCUT2D eigenvalue weighted by Crippen LogP contribution is 2.17. The van der Waals surface area contributed by atoms with Gasteiger partial charge in [-0.2, -0.15) is 4.98 Å². The lowest BCUT2D eigenvalue weighted by Crippen LogP contribution is -2.20. The molecule has 0 aliphatic rings. The number of nitrogen functional groups attached to an aromatic ring is 1. The Morgan fingerprint density at radius 1 is 1.62 bits per heavy atom. The molecule has 1 rings (SSSR count). The zero-order valence-electron chi connectivity index (χ0n) is 8.44. The van der Waals surface area contributed by atoms with Gasteiger partial charge in [-0.25, -0.2) is 4.98 Å². The van der Waals surface area contributed by atoms with Crippen molar-refractivity contribution in [1.29, 1.82) is 0 Å². The molecular formula is C8H12ClN5O2. The van der Waals surface area contributed by atoms with E-state index in [4.69, 9.17) is 27.8 Å². The van der Waals surface area contributed by atoms with E-state index in [9.17, 15) is 4.79 Å². The number of amides is 1. The number of ether oxygens (including phenoxy) is 1. The number of nitrogens with zero attached hydrogens (tertiary/aromatic N) is 2. The summed E-state index contributed by atoms with van der Waals surface area (Å²) < 4.78 is 4.93. The molecule has 7 nitrogen and oxygen atoms in total. The van der Waals surface area contributed by atoms with E-state index in [2.05, 4.69) is 15.3 Å². The second-order valence-corrected chi connectivity index (χ2v) is 3.28. The van der Waals surface area contributed by atoms with Gasteiger partial charge in [-0.15, -0.1) is 0 Å². The molecule has 0 unspecified atom stereocenters. The number of hydrogen-bond donors (Lipinski definition) is 3. The molecule has 0 spiro atoms. The minimum absolute atomic E-state index is 0.110. The molecule has 0 aliphatic carbocycles. The Balaban J connectivity index is 2.31. The number of hydrogen-bond acceptors (Lipinski definition) is 6. The molecule has 1 heterocycles. The quantitative estimate of drug-likeness (QED) is 0.589. The maximum Gasteiger partial charge on any atom is 0.243 e. The third kappa shape index (κ3) is 4.28. The number of primary amides is 1. The Bertz CT molecular complexity index is 373. The largest absolute Gasteiger partial charge is 0.370 e. The molecule has 5 N–H and O–H groups in total. The van der Waals surface area contributed by atoms with Crippen LogP contribution in [0.3, 0.4) is 0 Å². The predicted molar refractivity (Wildman–Crippen MR) is 60.0 cm³/mol. The summed E-state index contributed by atoms with van der Waals surface area (Å²) in [6.07, 6.45) is 1.40. The van der Waals surface area contributed by atoms with E-state index in [1.165, 1.54) is 6.20 Å². The van der Waals surface area contributed by atoms with E-state index in [1.54, 1.807) is 0 Å². The van der Waals surface area contributed by atoms with Crippen LogP contribution in [0.25, 0.3) is 0 Å². The van der Waals surface area contributed by atoms with Crippen molar-refractivity contribution >= 4 is 29.3 Å². The van der Waals surface area contributed by atoms with Gasteiger partial charge < -0.3 is 21.5 Å². The van der Waals surface area contributed by atoms with Crippen LogP contribution < -0.4 is 16.8 Å². The van der Waals surface area contributed by atoms with Crippen LogP contribution >= 0.6 is 11.6 Å². The summed E-state index contributed by atoms with van der Waals surface area (Å²) in [6.45, 7) is 0.633. The molecule has 1 amide bonds. The highest BCUT2D eigenvalue weighted by molar-refractivity contribution is 6.32. The van der Waals surface area contributed by atoms with Gasteiger partial charge in [0.25, 0.3) is 0 Å². The summed E-state index contributed by atoms with van der Waals surface area (Å²) in [7, 11) is 0. The van der Waals surface area contributed by atoms with Crippen molar-refractivity contribution in [1.82, 2.24) is 9.97 Å². The van der Waals surface area contributed by atoms with Crippen molar-refractivity contribution in [2.45, 2.75) is 0 Å². The lowest BCUT2D eigenvalue weighted by molar-refractivity contribution is -0.122. The molecule has 1 aromatic rings. The summed E-state index contributed by atoms with van der Waals surface area (Å²) in [5.74, 6) is 0.0473. The zero-order valence-corrected chi connectivity index (χ0v) is 9.20. The molecule has 1 aromatic heterocycles. The van der Waals surface area contributed by atoms with Crippen LogP contribution in [0.4, 0.5) is 11.8 Å². The van der Waals surface area contributed by atoms with Crippen molar-refractivity contribution in [3.8, 4) is 0 Å². The monoisotopic (exact) mass is 245 g/mol. The lowest BCUT2D eigenvalue weighted by atomic mass is 10.5. The number of carbonyl (C=O) groups excluding carboxylic acids is 1. The van der Waals surface area contributed by atoms with Crippen LogP contribution in [0.15, 0.2) is 6.20 Å². The normalized spacial score (nSPS) is 10.1. The van der Waals surface area contributed by atoms with E-state index in [-0.39, 0.29) is 12.6 Å². The number of anilines is 2. The lowest BCUT2D eigenvalue weighted by Gasteiger charge is -2.07. The molecule has 8 heteroatoms. The topological polar surface area (TPSA) is 116 Å². The Hall–Kier alpha value is -1.60. The maximum absolute atomic E-state index is 10.3. The van der Waals surface area contributed by atoms with Gasteiger partial charge in [0.05, 0.1) is 12.8 Å². The fourth-order valence-corrected chi connectivity index (χ4v) is 1.08. The summed E-state index contributed by atoms with van der Waals surface area (Å²) in [6, 6.07) is 0. The molecule has 0 atom stereocenters. The number of nitrogens with one attached hydrogen (secondary N) is 1. The Morgan fingerprint density at radius 2 is 2.38 bits per heavy atom. The van der Waals surface area contributed by atoms with Gasteiger partial charge in [-0.1, -0.05) is 11.6 Å². The van der Waals surface area contributed by atoms with Crippen LogP contribution in [0.1, 0.15) is 0 Å². The summed E-state index contributed by atoms with van der Waals surface area (Å²) in [4.78, 5) is 17.9. The Morgan fingerprint density at radius 3 is 3.06 bits per heavy atom. The van der Waals surface area contributed by atoms with E-state index in [1.807, 2.05) is 0 Å². The standard InChI is InChI=1S/C8H12ClN5O2/c9-5-3-13-8(11)14-7(5)12-1-2-16-4-6(10)15/h3H,1-2,4H2,(H2,10,15)(H3,11,12,13,14). The van der Waals surface area contributed by atoms with Gasteiger partial charge in [-0.3, -0.25) is 4.79 Å². The SMILES string of the molecule is NC(=O)COCCNc1nc(N)ncc1Cl. The van der Waals surface area contributed by atoms with E-state index < -0.39 is 5.91 Å². The minimum atomic E-state index is -0.510. The van der Waals surface area contributed by atoms with Crippen LogP contribution in [0.2, 0.25) is 5.02 Å². The molecular weight excluding hydrogens is 234 g/mol. The van der Waals surface area contributed by atoms with Gasteiger partial charge in [0, 0.05) is 6.54 Å². The van der Waals surface area contributed by atoms with E-state index >= 15 is 0 Å². The Labute approximate surface area is 97.1 Å². The second-order valence-electron chi connectivity index (χ2n) is 2.87.